The van der Waals surface area contributed by atoms with Gasteiger partial charge in [-0.15, -0.1) is 0 Å². The Bertz CT molecular complexity index is 516. The van der Waals surface area contributed by atoms with Crippen LogP contribution in [0.1, 0.15) is 35.9 Å². The fourth-order valence-corrected chi connectivity index (χ4v) is 3.46. The summed E-state index contributed by atoms with van der Waals surface area (Å²) in [5.41, 5.74) is 7.69. The minimum Gasteiger partial charge on any atom is -0.326 e. The highest BCUT2D eigenvalue weighted by Gasteiger charge is 2.20. The van der Waals surface area contributed by atoms with Crippen molar-refractivity contribution in [2.24, 2.45) is 5.73 Å². The number of fused-ring (bicyclic) bond motifs is 1. The van der Waals surface area contributed by atoms with E-state index in [0.717, 1.165) is 17.0 Å². The Kier molecular flexibility index (Phi) is 3.03. The predicted molar refractivity (Wildman–Crippen MR) is 69.9 cm³/mol. The van der Waals surface area contributed by atoms with Crippen LogP contribution in [0.15, 0.2) is 18.3 Å². The molecule has 1 unspecified atom stereocenters. The third kappa shape index (κ3) is 2.05. The van der Waals surface area contributed by atoms with E-state index in [2.05, 4.69) is 10.1 Å². The van der Waals surface area contributed by atoms with Crippen molar-refractivity contribution in [3.8, 4) is 0 Å². The molecule has 90 valence electrons. The summed E-state index contributed by atoms with van der Waals surface area (Å²) in [5, 5.41) is 5.04. The average molecular weight is 248 g/mol. The Balaban J connectivity index is 2.00. The van der Waals surface area contributed by atoms with Crippen LogP contribution in [0, 0.1) is 0 Å². The molecule has 2 N–H and O–H groups in total. The summed E-state index contributed by atoms with van der Waals surface area (Å²) in [6.07, 6.45) is 5.75. The Hall–Kier alpha value is -1.07. The van der Waals surface area contributed by atoms with Gasteiger partial charge >= 0.3 is 0 Å². The normalized spacial score (nSPS) is 20.9. The Labute approximate surface area is 105 Å². The van der Waals surface area contributed by atoms with E-state index in [-0.39, 0.29) is 0 Å². The van der Waals surface area contributed by atoms with Gasteiger partial charge in [0.2, 0.25) is 0 Å². The fourth-order valence-electron chi connectivity index (χ4n) is 2.22. The molecule has 0 aliphatic carbocycles. The molecule has 0 spiro atoms. The van der Waals surface area contributed by atoms with E-state index in [1.165, 1.54) is 25.0 Å². The smallest absolute Gasteiger partial charge is 0.164 e. The summed E-state index contributed by atoms with van der Waals surface area (Å²) >= 11 is 1.98. The Morgan fingerprint density at radius 1 is 1.47 bits per heavy atom. The number of hydrogen-bond acceptors (Lipinski definition) is 4. The molecule has 5 heteroatoms. The maximum atomic E-state index is 5.72. The van der Waals surface area contributed by atoms with Gasteiger partial charge in [0.1, 0.15) is 0 Å². The zero-order chi connectivity index (χ0) is 11.7. The molecule has 3 heterocycles. The maximum Gasteiger partial charge on any atom is 0.164 e. The van der Waals surface area contributed by atoms with Gasteiger partial charge in [0, 0.05) is 18.3 Å². The monoisotopic (exact) mass is 248 g/mol. The van der Waals surface area contributed by atoms with Crippen LogP contribution in [-0.4, -0.2) is 20.4 Å². The van der Waals surface area contributed by atoms with Gasteiger partial charge in [-0.25, -0.2) is 9.50 Å². The first kappa shape index (κ1) is 11.0. The van der Waals surface area contributed by atoms with Crippen molar-refractivity contribution in [2.75, 3.05) is 5.75 Å². The van der Waals surface area contributed by atoms with Gasteiger partial charge in [-0.05, 0) is 24.7 Å². The van der Waals surface area contributed by atoms with Crippen molar-refractivity contribution in [3.63, 3.8) is 0 Å². The molecule has 4 nitrogen and oxygen atoms in total. The third-order valence-electron chi connectivity index (χ3n) is 3.15. The van der Waals surface area contributed by atoms with Crippen LogP contribution in [0.5, 0.6) is 0 Å². The molecular weight excluding hydrogens is 232 g/mol. The van der Waals surface area contributed by atoms with E-state index in [1.54, 1.807) is 0 Å². The van der Waals surface area contributed by atoms with Gasteiger partial charge < -0.3 is 5.73 Å². The van der Waals surface area contributed by atoms with E-state index in [9.17, 15) is 0 Å². The van der Waals surface area contributed by atoms with E-state index < -0.39 is 0 Å². The predicted octanol–water partition coefficient (Wildman–Crippen LogP) is 2.15. The highest BCUT2D eigenvalue weighted by atomic mass is 32.2. The second kappa shape index (κ2) is 4.66. The summed E-state index contributed by atoms with van der Waals surface area (Å²) in [6.45, 7) is 0.514. The molecular formula is C12H16N4S. The largest absolute Gasteiger partial charge is 0.326 e. The second-order valence-electron chi connectivity index (χ2n) is 4.33. The number of pyridine rings is 1. The van der Waals surface area contributed by atoms with Gasteiger partial charge in [-0.1, -0.05) is 12.5 Å². The molecule has 1 fully saturated rings. The standard InChI is InChI=1S/C12H16N4S/c13-8-9-4-3-6-16-12(9)14-11(15-16)10-5-1-2-7-17-10/h3-4,6,10H,1-2,5,7-8,13H2. The molecule has 3 rings (SSSR count). The second-order valence-corrected chi connectivity index (χ2v) is 5.64. The lowest BCUT2D eigenvalue weighted by Crippen LogP contribution is -2.04. The van der Waals surface area contributed by atoms with Crippen LogP contribution in [0.3, 0.4) is 0 Å². The number of nitrogens with two attached hydrogens (primary N) is 1. The fraction of sp³-hybridized carbons (Fsp3) is 0.500. The zero-order valence-electron chi connectivity index (χ0n) is 9.67. The Morgan fingerprint density at radius 2 is 2.41 bits per heavy atom. The number of nitrogens with zero attached hydrogens (tertiary/aromatic N) is 3. The number of rotatable bonds is 2. The quantitative estimate of drug-likeness (QED) is 0.884. The van der Waals surface area contributed by atoms with E-state index in [4.69, 9.17) is 5.73 Å². The van der Waals surface area contributed by atoms with Crippen molar-refractivity contribution >= 4 is 17.4 Å². The van der Waals surface area contributed by atoms with Crippen LogP contribution in [0.25, 0.3) is 5.65 Å². The van der Waals surface area contributed by atoms with Crippen molar-refractivity contribution in [3.05, 3.63) is 29.7 Å². The SMILES string of the molecule is NCc1cccn2nc(C3CCCCS3)nc12. The van der Waals surface area contributed by atoms with Gasteiger partial charge in [0.05, 0.1) is 5.25 Å². The zero-order valence-corrected chi connectivity index (χ0v) is 10.5. The summed E-state index contributed by atoms with van der Waals surface area (Å²) in [5.74, 6) is 2.19. The molecule has 17 heavy (non-hydrogen) atoms. The minimum atomic E-state index is 0.467. The summed E-state index contributed by atoms with van der Waals surface area (Å²) in [6, 6.07) is 3.99. The highest BCUT2D eigenvalue weighted by Crippen LogP contribution is 2.36. The maximum absolute atomic E-state index is 5.72. The Morgan fingerprint density at radius 3 is 3.18 bits per heavy atom. The summed E-state index contributed by atoms with van der Waals surface area (Å²) in [4.78, 5) is 4.66. The molecule has 1 saturated heterocycles. The van der Waals surface area contributed by atoms with Crippen molar-refractivity contribution in [1.29, 1.82) is 0 Å². The lowest BCUT2D eigenvalue weighted by atomic mass is 10.2. The number of hydrogen-bond donors (Lipinski definition) is 1. The van der Waals surface area contributed by atoms with Gasteiger partial charge in [0.25, 0.3) is 0 Å². The van der Waals surface area contributed by atoms with Crippen LogP contribution < -0.4 is 5.73 Å². The van der Waals surface area contributed by atoms with Gasteiger partial charge in [-0.3, -0.25) is 0 Å². The lowest BCUT2D eigenvalue weighted by Gasteiger charge is -2.17. The van der Waals surface area contributed by atoms with Crippen molar-refractivity contribution < 1.29 is 0 Å². The molecule has 1 aliphatic rings. The summed E-state index contributed by atoms with van der Waals surface area (Å²) in [7, 11) is 0. The first-order valence-electron chi connectivity index (χ1n) is 6.04. The highest BCUT2D eigenvalue weighted by molar-refractivity contribution is 7.99. The molecule has 0 saturated carbocycles. The van der Waals surface area contributed by atoms with Crippen molar-refractivity contribution in [2.45, 2.75) is 31.1 Å². The molecule has 2 aromatic heterocycles. The first-order chi connectivity index (χ1) is 8.38. The summed E-state index contributed by atoms with van der Waals surface area (Å²) < 4.78 is 1.85. The first-order valence-corrected chi connectivity index (χ1v) is 7.09. The van der Waals surface area contributed by atoms with E-state index in [1.807, 2.05) is 34.6 Å². The van der Waals surface area contributed by atoms with Crippen molar-refractivity contribution in [1.82, 2.24) is 14.6 Å². The van der Waals surface area contributed by atoms with E-state index in [0.29, 0.717) is 11.8 Å². The molecule has 1 atom stereocenters. The number of thioether (sulfide) groups is 1. The molecule has 1 aliphatic heterocycles. The molecule has 0 radical (unpaired) electrons. The van der Waals surface area contributed by atoms with Gasteiger partial charge in [-0.2, -0.15) is 16.9 Å². The topological polar surface area (TPSA) is 56.2 Å². The molecule has 2 aromatic rings. The minimum absolute atomic E-state index is 0.467. The van der Waals surface area contributed by atoms with E-state index >= 15 is 0 Å². The molecule has 0 amide bonds. The van der Waals surface area contributed by atoms with Gasteiger partial charge in [0.15, 0.2) is 11.5 Å². The van der Waals surface area contributed by atoms with Crippen LogP contribution in [0.2, 0.25) is 0 Å². The van der Waals surface area contributed by atoms with Crippen LogP contribution >= 0.6 is 11.8 Å². The van der Waals surface area contributed by atoms with Crippen LogP contribution in [-0.2, 0) is 6.54 Å². The van der Waals surface area contributed by atoms with Crippen LogP contribution in [0.4, 0.5) is 0 Å². The lowest BCUT2D eigenvalue weighted by molar-refractivity contribution is 0.661. The molecule has 0 aromatic carbocycles. The molecule has 0 bridgehead atoms. The average Bonchev–Trinajstić information content (AvgIpc) is 2.83. The number of aromatic nitrogens is 3. The third-order valence-corrected chi connectivity index (χ3v) is 4.52.